The number of aromatic nitrogens is 1. The van der Waals surface area contributed by atoms with Crippen molar-refractivity contribution < 1.29 is 5.11 Å². The summed E-state index contributed by atoms with van der Waals surface area (Å²) in [6.45, 7) is 1.67. The van der Waals surface area contributed by atoms with Gasteiger partial charge in [0, 0.05) is 30.2 Å². The number of nitrogens with one attached hydrogen (secondary N) is 1. The minimum atomic E-state index is 0.307. The number of hydrogen-bond donors (Lipinski definition) is 2. The van der Waals surface area contributed by atoms with Gasteiger partial charge < -0.3 is 15.0 Å². The number of phenolic OH excluding ortho intramolecular Hbond substituents is 1. The fourth-order valence-corrected chi connectivity index (χ4v) is 2.58. The summed E-state index contributed by atoms with van der Waals surface area (Å²) in [5, 5.41) is 13.9. The monoisotopic (exact) mass is 266 g/mol. The maximum Gasteiger partial charge on any atom is 0.115 e. The van der Waals surface area contributed by atoms with Crippen LogP contribution in [-0.2, 0) is 13.1 Å². The maximum atomic E-state index is 9.35. The Bertz CT molecular complexity index is 713. The lowest BCUT2D eigenvalue weighted by molar-refractivity contribution is 0.475. The molecule has 0 aliphatic rings. The van der Waals surface area contributed by atoms with E-state index in [0.717, 1.165) is 13.1 Å². The van der Waals surface area contributed by atoms with Crippen molar-refractivity contribution in [2.45, 2.75) is 13.1 Å². The first-order valence-corrected chi connectivity index (χ1v) is 6.77. The van der Waals surface area contributed by atoms with Crippen molar-refractivity contribution in [3.63, 3.8) is 0 Å². The molecule has 0 saturated heterocycles. The van der Waals surface area contributed by atoms with E-state index in [2.05, 4.69) is 40.3 Å². The van der Waals surface area contributed by atoms with Crippen molar-refractivity contribution in [3.8, 4) is 5.75 Å². The van der Waals surface area contributed by atoms with E-state index in [1.54, 1.807) is 12.1 Å². The second-order valence-corrected chi connectivity index (χ2v) is 5.00. The standard InChI is InChI=1S/C17H18N2O/c1-18-10-14-12-19(17-5-3-2-4-16(14)17)11-13-6-8-15(20)9-7-13/h2-9,12,18,20H,10-11H2,1H3. The summed E-state index contributed by atoms with van der Waals surface area (Å²) in [7, 11) is 1.96. The largest absolute Gasteiger partial charge is 0.508 e. The second kappa shape index (κ2) is 5.39. The van der Waals surface area contributed by atoms with Crippen LogP contribution in [0.25, 0.3) is 10.9 Å². The van der Waals surface area contributed by atoms with Crippen LogP contribution < -0.4 is 5.32 Å². The van der Waals surface area contributed by atoms with E-state index >= 15 is 0 Å². The smallest absolute Gasteiger partial charge is 0.115 e. The molecular weight excluding hydrogens is 248 g/mol. The summed E-state index contributed by atoms with van der Waals surface area (Å²) in [5.74, 6) is 0.307. The Morgan fingerprint density at radius 2 is 1.80 bits per heavy atom. The third-order valence-electron chi connectivity index (χ3n) is 3.53. The lowest BCUT2D eigenvalue weighted by Gasteiger charge is -2.05. The second-order valence-electron chi connectivity index (χ2n) is 5.00. The molecule has 0 spiro atoms. The fraction of sp³-hybridized carbons (Fsp3) is 0.176. The molecule has 0 bridgehead atoms. The topological polar surface area (TPSA) is 37.2 Å². The van der Waals surface area contributed by atoms with Crippen LogP contribution in [0.4, 0.5) is 0 Å². The minimum Gasteiger partial charge on any atom is -0.508 e. The van der Waals surface area contributed by atoms with Crippen LogP contribution in [0.2, 0.25) is 0 Å². The Balaban J connectivity index is 2.00. The molecule has 3 nitrogen and oxygen atoms in total. The van der Waals surface area contributed by atoms with Crippen LogP contribution in [0, 0.1) is 0 Å². The van der Waals surface area contributed by atoms with Gasteiger partial charge in [0.25, 0.3) is 0 Å². The van der Waals surface area contributed by atoms with Gasteiger partial charge in [0.05, 0.1) is 0 Å². The highest BCUT2D eigenvalue weighted by atomic mass is 16.3. The first kappa shape index (κ1) is 12.8. The number of para-hydroxylation sites is 1. The average molecular weight is 266 g/mol. The molecule has 0 unspecified atom stereocenters. The highest BCUT2D eigenvalue weighted by Gasteiger charge is 2.07. The molecular formula is C17H18N2O. The van der Waals surface area contributed by atoms with Gasteiger partial charge in [-0.25, -0.2) is 0 Å². The van der Waals surface area contributed by atoms with Crippen molar-refractivity contribution in [1.29, 1.82) is 0 Å². The lowest BCUT2D eigenvalue weighted by atomic mass is 10.2. The fourth-order valence-electron chi connectivity index (χ4n) is 2.58. The van der Waals surface area contributed by atoms with Crippen molar-refractivity contribution in [3.05, 3.63) is 65.9 Å². The van der Waals surface area contributed by atoms with Gasteiger partial charge in [0.15, 0.2) is 0 Å². The van der Waals surface area contributed by atoms with Gasteiger partial charge in [-0.1, -0.05) is 30.3 Å². The summed E-state index contributed by atoms with van der Waals surface area (Å²) < 4.78 is 2.26. The Morgan fingerprint density at radius 1 is 1.05 bits per heavy atom. The van der Waals surface area contributed by atoms with Gasteiger partial charge in [0.1, 0.15) is 5.75 Å². The van der Waals surface area contributed by atoms with Crippen LogP contribution in [0.5, 0.6) is 5.75 Å². The number of benzene rings is 2. The highest BCUT2D eigenvalue weighted by Crippen LogP contribution is 2.22. The molecule has 0 saturated carbocycles. The summed E-state index contributed by atoms with van der Waals surface area (Å²) in [4.78, 5) is 0. The molecule has 20 heavy (non-hydrogen) atoms. The maximum absolute atomic E-state index is 9.35. The zero-order valence-corrected chi connectivity index (χ0v) is 11.5. The van der Waals surface area contributed by atoms with E-state index < -0.39 is 0 Å². The summed E-state index contributed by atoms with van der Waals surface area (Å²) in [6.07, 6.45) is 2.20. The normalized spacial score (nSPS) is 11.1. The van der Waals surface area contributed by atoms with Crippen LogP contribution in [-0.4, -0.2) is 16.7 Å². The number of nitrogens with zero attached hydrogens (tertiary/aromatic N) is 1. The third-order valence-corrected chi connectivity index (χ3v) is 3.53. The van der Waals surface area contributed by atoms with Crippen molar-refractivity contribution in [2.75, 3.05) is 7.05 Å². The van der Waals surface area contributed by atoms with Crippen LogP contribution in [0.3, 0.4) is 0 Å². The van der Waals surface area contributed by atoms with Crippen LogP contribution >= 0.6 is 0 Å². The molecule has 0 atom stereocenters. The summed E-state index contributed by atoms with van der Waals surface area (Å²) in [5.41, 5.74) is 3.73. The van der Waals surface area contributed by atoms with Crippen molar-refractivity contribution in [1.82, 2.24) is 9.88 Å². The van der Waals surface area contributed by atoms with E-state index in [0.29, 0.717) is 5.75 Å². The van der Waals surface area contributed by atoms with Crippen molar-refractivity contribution >= 4 is 10.9 Å². The van der Waals surface area contributed by atoms with E-state index in [4.69, 9.17) is 0 Å². The van der Waals surface area contributed by atoms with Gasteiger partial charge in [-0.15, -0.1) is 0 Å². The van der Waals surface area contributed by atoms with Gasteiger partial charge in [0.2, 0.25) is 0 Å². The van der Waals surface area contributed by atoms with Gasteiger partial charge in [-0.2, -0.15) is 0 Å². The van der Waals surface area contributed by atoms with Gasteiger partial charge >= 0.3 is 0 Å². The molecule has 1 aromatic heterocycles. The zero-order chi connectivity index (χ0) is 13.9. The van der Waals surface area contributed by atoms with Crippen molar-refractivity contribution in [2.24, 2.45) is 0 Å². The van der Waals surface area contributed by atoms with E-state index in [1.165, 1.54) is 22.0 Å². The number of fused-ring (bicyclic) bond motifs is 1. The van der Waals surface area contributed by atoms with Crippen LogP contribution in [0.1, 0.15) is 11.1 Å². The Kier molecular flexibility index (Phi) is 3.44. The van der Waals surface area contributed by atoms with E-state index in [1.807, 2.05) is 19.2 Å². The molecule has 102 valence electrons. The first-order chi connectivity index (χ1) is 9.78. The van der Waals surface area contributed by atoms with E-state index in [-0.39, 0.29) is 0 Å². The minimum absolute atomic E-state index is 0.307. The summed E-state index contributed by atoms with van der Waals surface area (Å²) in [6, 6.07) is 15.8. The number of aromatic hydroxyl groups is 1. The molecule has 3 heteroatoms. The quantitative estimate of drug-likeness (QED) is 0.761. The molecule has 0 amide bonds. The molecule has 0 aliphatic heterocycles. The number of rotatable bonds is 4. The molecule has 0 fully saturated rings. The Morgan fingerprint density at radius 3 is 2.55 bits per heavy atom. The van der Waals surface area contributed by atoms with E-state index in [9.17, 15) is 5.11 Å². The molecule has 3 rings (SSSR count). The third kappa shape index (κ3) is 2.40. The zero-order valence-electron chi connectivity index (χ0n) is 11.5. The predicted molar refractivity (Wildman–Crippen MR) is 81.9 cm³/mol. The average Bonchev–Trinajstić information content (AvgIpc) is 2.81. The Hall–Kier alpha value is -2.26. The number of hydrogen-bond acceptors (Lipinski definition) is 2. The molecule has 1 heterocycles. The Labute approximate surface area is 118 Å². The lowest BCUT2D eigenvalue weighted by Crippen LogP contribution is -2.04. The molecule has 0 aliphatic carbocycles. The van der Waals surface area contributed by atoms with Gasteiger partial charge in [-0.3, -0.25) is 0 Å². The molecule has 2 aromatic carbocycles. The first-order valence-electron chi connectivity index (χ1n) is 6.77. The highest BCUT2D eigenvalue weighted by molar-refractivity contribution is 5.84. The van der Waals surface area contributed by atoms with Crippen LogP contribution in [0.15, 0.2) is 54.7 Å². The SMILES string of the molecule is CNCc1cn(Cc2ccc(O)cc2)c2ccccc12. The molecule has 2 N–H and O–H groups in total. The number of phenols is 1. The van der Waals surface area contributed by atoms with Gasteiger partial charge in [-0.05, 0) is 36.4 Å². The predicted octanol–water partition coefficient (Wildman–Crippen LogP) is 3.11. The molecule has 0 radical (unpaired) electrons. The summed E-state index contributed by atoms with van der Waals surface area (Å²) >= 11 is 0. The molecule has 3 aromatic rings.